The van der Waals surface area contributed by atoms with Gasteiger partial charge in [0.2, 0.25) is 0 Å². The Morgan fingerprint density at radius 3 is 2.78 bits per heavy atom. The summed E-state index contributed by atoms with van der Waals surface area (Å²) in [7, 11) is 2.89. The van der Waals surface area contributed by atoms with Crippen LogP contribution in [0.4, 0.5) is 11.4 Å². The van der Waals surface area contributed by atoms with Gasteiger partial charge in [-0.3, -0.25) is 14.9 Å². The molecule has 0 radical (unpaired) electrons. The molecule has 0 aromatic heterocycles. The molecular formula is C14H16N4O5. The number of nitro benzene ring substituents is 1. The molecule has 0 heterocycles. The summed E-state index contributed by atoms with van der Waals surface area (Å²) >= 11 is 0. The maximum Gasteiger partial charge on any atom is 0.271 e. The third-order valence-electron chi connectivity index (χ3n) is 2.72. The topological polar surface area (TPSA) is 127 Å². The van der Waals surface area contributed by atoms with Crippen LogP contribution >= 0.6 is 0 Å². The predicted molar refractivity (Wildman–Crippen MR) is 81.9 cm³/mol. The zero-order chi connectivity index (χ0) is 17.2. The van der Waals surface area contributed by atoms with Crippen molar-refractivity contribution in [1.29, 1.82) is 5.26 Å². The average Bonchev–Trinajstić information content (AvgIpc) is 2.55. The molecule has 0 aliphatic heterocycles. The second kappa shape index (κ2) is 9.01. The summed E-state index contributed by atoms with van der Waals surface area (Å²) in [4.78, 5) is 22.0. The van der Waals surface area contributed by atoms with Crippen molar-refractivity contribution >= 4 is 17.3 Å². The zero-order valence-electron chi connectivity index (χ0n) is 12.7. The predicted octanol–water partition coefficient (Wildman–Crippen LogP) is 1.19. The molecule has 0 unspecified atom stereocenters. The first-order valence-corrected chi connectivity index (χ1v) is 6.49. The van der Waals surface area contributed by atoms with E-state index in [1.54, 1.807) is 6.07 Å². The number of rotatable bonds is 8. The van der Waals surface area contributed by atoms with E-state index in [1.165, 1.54) is 32.4 Å². The Morgan fingerprint density at radius 1 is 1.48 bits per heavy atom. The van der Waals surface area contributed by atoms with E-state index in [4.69, 9.17) is 14.7 Å². The number of carbonyl (C=O) groups is 1. The Balaban J connectivity index is 2.92. The second-order valence-electron chi connectivity index (χ2n) is 4.20. The molecule has 0 aliphatic rings. The minimum Gasteiger partial charge on any atom is -0.495 e. The quantitative estimate of drug-likeness (QED) is 0.242. The van der Waals surface area contributed by atoms with Crippen LogP contribution in [0.25, 0.3) is 0 Å². The lowest BCUT2D eigenvalue weighted by Gasteiger charge is -2.08. The van der Waals surface area contributed by atoms with Crippen molar-refractivity contribution in [3.05, 3.63) is 40.1 Å². The van der Waals surface area contributed by atoms with Crippen molar-refractivity contribution in [2.75, 3.05) is 32.7 Å². The van der Waals surface area contributed by atoms with E-state index in [-0.39, 0.29) is 23.5 Å². The number of methoxy groups -OCH3 is 2. The molecule has 9 nitrogen and oxygen atoms in total. The van der Waals surface area contributed by atoms with Crippen molar-refractivity contribution < 1.29 is 19.2 Å². The highest BCUT2D eigenvalue weighted by Gasteiger charge is 2.12. The van der Waals surface area contributed by atoms with Crippen LogP contribution in [0.3, 0.4) is 0 Å². The van der Waals surface area contributed by atoms with Gasteiger partial charge < -0.3 is 20.1 Å². The van der Waals surface area contributed by atoms with Crippen LogP contribution in [-0.2, 0) is 9.53 Å². The van der Waals surface area contributed by atoms with Gasteiger partial charge in [0.15, 0.2) is 0 Å². The van der Waals surface area contributed by atoms with Crippen molar-refractivity contribution in [3.8, 4) is 11.8 Å². The van der Waals surface area contributed by atoms with Crippen molar-refractivity contribution in [2.24, 2.45) is 0 Å². The van der Waals surface area contributed by atoms with Gasteiger partial charge in [0, 0.05) is 32.0 Å². The van der Waals surface area contributed by atoms with Crippen LogP contribution < -0.4 is 15.4 Å². The lowest BCUT2D eigenvalue weighted by molar-refractivity contribution is -0.384. The van der Waals surface area contributed by atoms with E-state index in [9.17, 15) is 14.9 Å². The maximum atomic E-state index is 11.8. The van der Waals surface area contributed by atoms with Gasteiger partial charge >= 0.3 is 0 Å². The number of anilines is 1. The zero-order valence-corrected chi connectivity index (χ0v) is 12.7. The monoisotopic (exact) mass is 320 g/mol. The number of nitro groups is 1. The van der Waals surface area contributed by atoms with Gasteiger partial charge in [-0.05, 0) is 6.07 Å². The second-order valence-corrected chi connectivity index (χ2v) is 4.20. The molecule has 0 bridgehead atoms. The van der Waals surface area contributed by atoms with Crippen LogP contribution in [0, 0.1) is 21.4 Å². The van der Waals surface area contributed by atoms with E-state index in [0.29, 0.717) is 12.4 Å². The molecule has 1 amide bonds. The molecule has 0 spiro atoms. The standard InChI is InChI=1S/C14H16N4O5/c1-22-6-5-16-14(19)10(8-15)9-17-12-7-11(18(20)21)3-4-13(12)23-2/h3-4,7,9,17H,5-6H2,1-2H3,(H,16,19)/b10-9-. The highest BCUT2D eigenvalue weighted by molar-refractivity contribution is 5.97. The first kappa shape index (κ1) is 17.9. The number of nitrogens with zero attached hydrogens (tertiary/aromatic N) is 2. The van der Waals surface area contributed by atoms with E-state index in [2.05, 4.69) is 10.6 Å². The molecule has 1 aromatic rings. The number of carbonyl (C=O) groups excluding carboxylic acids is 1. The number of amides is 1. The van der Waals surface area contributed by atoms with Crippen LogP contribution in [0.5, 0.6) is 5.75 Å². The van der Waals surface area contributed by atoms with E-state index >= 15 is 0 Å². The highest BCUT2D eigenvalue weighted by Crippen LogP contribution is 2.28. The summed E-state index contributed by atoms with van der Waals surface area (Å²) in [6.07, 6.45) is 1.16. The van der Waals surface area contributed by atoms with Gasteiger partial charge in [-0.1, -0.05) is 0 Å². The van der Waals surface area contributed by atoms with E-state index in [0.717, 1.165) is 6.20 Å². The maximum absolute atomic E-state index is 11.8. The highest BCUT2D eigenvalue weighted by atomic mass is 16.6. The first-order valence-electron chi connectivity index (χ1n) is 6.49. The lowest BCUT2D eigenvalue weighted by Crippen LogP contribution is -2.28. The summed E-state index contributed by atoms with van der Waals surface area (Å²) < 4.78 is 9.86. The number of nitrogens with one attached hydrogen (secondary N) is 2. The number of non-ortho nitro benzene ring substituents is 1. The SMILES string of the molecule is COCCNC(=O)/C(C#N)=C\Nc1cc([N+](=O)[O-])ccc1OC. The van der Waals surface area contributed by atoms with Gasteiger partial charge in [0.1, 0.15) is 17.4 Å². The van der Waals surface area contributed by atoms with Crippen molar-refractivity contribution in [3.63, 3.8) is 0 Å². The van der Waals surface area contributed by atoms with Crippen LogP contribution in [0.15, 0.2) is 30.0 Å². The minimum absolute atomic E-state index is 0.148. The molecule has 9 heteroatoms. The minimum atomic E-state index is -0.582. The van der Waals surface area contributed by atoms with E-state index < -0.39 is 10.8 Å². The summed E-state index contributed by atoms with van der Waals surface area (Å²) in [5, 5.41) is 25.0. The Kier molecular flexibility index (Phi) is 7.03. The molecule has 2 N–H and O–H groups in total. The van der Waals surface area contributed by atoms with Gasteiger partial charge in [0.05, 0.1) is 24.3 Å². The Hall–Kier alpha value is -3.12. The lowest BCUT2D eigenvalue weighted by atomic mass is 10.2. The molecule has 23 heavy (non-hydrogen) atoms. The average molecular weight is 320 g/mol. The van der Waals surface area contributed by atoms with Crippen LogP contribution in [0.1, 0.15) is 0 Å². The number of benzene rings is 1. The molecular weight excluding hydrogens is 304 g/mol. The molecule has 122 valence electrons. The smallest absolute Gasteiger partial charge is 0.271 e. The number of hydrogen-bond acceptors (Lipinski definition) is 7. The number of hydrogen-bond donors (Lipinski definition) is 2. The Bertz CT molecular complexity index is 651. The van der Waals surface area contributed by atoms with Gasteiger partial charge in [-0.2, -0.15) is 5.26 Å². The third-order valence-corrected chi connectivity index (χ3v) is 2.72. The van der Waals surface area contributed by atoms with E-state index in [1.807, 2.05) is 0 Å². The van der Waals surface area contributed by atoms with Gasteiger partial charge in [-0.25, -0.2) is 0 Å². The largest absolute Gasteiger partial charge is 0.495 e. The summed E-state index contributed by atoms with van der Waals surface area (Å²) in [5.74, 6) is -0.245. The Labute approximate surface area is 132 Å². The van der Waals surface area contributed by atoms with Gasteiger partial charge in [0.25, 0.3) is 11.6 Å². The molecule has 1 rings (SSSR count). The molecule has 0 saturated heterocycles. The fraction of sp³-hybridized carbons (Fsp3) is 0.286. The molecule has 0 fully saturated rings. The van der Waals surface area contributed by atoms with Gasteiger partial charge in [-0.15, -0.1) is 0 Å². The third kappa shape index (κ3) is 5.29. The van der Waals surface area contributed by atoms with Crippen LogP contribution in [-0.4, -0.2) is 38.2 Å². The number of nitriles is 1. The normalized spacial score (nSPS) is 10.6. The molecule has 0 saturated carbocycles. The first-order chi connectivity index (χ1) is 11.0. The summed E-state index contributed by atoms with van der Waals surface area (Å²) in [6, 6.07) is 5.69. The van der Waals surface area contributed by atoms with Crippen molar-refractivity contribution in [2.45, 2.75) is 0 Å². The summed E-state index contributed by atoms with van der Waals surface area (Å²) in [5.41, 5.74) is -0.0708. The molecule has 1 aromatic carbocycles. The number of ether oxygens (including phenoxy) is 2. The molecule has 0 atom stereocenters. The fourth-order valence-electron chi connectivity index (χ4n) is 1.58. The Morgan fingerprint density at radius 2 is 2.22 bits per heavy atom. The summed E-state index contributed by atoms with van der Waals surface area (Å²) in [6.45, 7) is 0.574. The fourth-order valence-corrected chi connectivity index (χ4v) is 1.58. The molecule has 0 aliphatic carbocycles. The van der Waals surface area contributed by atoms with Crippen molar-refractivity contribution in [1.82, 2.24) is 5.32 Å². The van der Waals surface area contributed by atoms with Crippen LogP contribution in [0.2, 0.25) is 0 Å².